The molecule has 3 N–H and O–H groups in total. The first kappa shape index (κ1) is 14.5. The van der Waals surface area contributed by atoms with Gasteiger partial charge in [0.15, 0.2) is 0 Å². The first-order valence-corrected chi connectivity index (χ1v) is 6.98. The number of carbonyl (C=O) groups excluding carboxylic acids is 2. The molecule has 1 aromatic rings. The van der Waals surface area contributed by atoms with Crippen LogP contribution in [-0.2, 0) is 9.59 Å². The number of carbonyl (C=O) groups is 2. The van der Waals surface area contributed by atoms with Gasteiger partial charge in [-0.15, -0.1) is 0 Å². The minimum absolute atomic E-state index is 0.108. The Hall–Kier alpha value is -1.88. The van der Waals surface area contributed by atoms with Crippen molar-refractivity contribution in [2.24, 2.45) is 0 Å². The molecule has 0 saturated carbocycles. The summed E-state index contributed by atoms with van der Waals surface area (Å²) in [5.41, 5.74) is 1.92. The number of anilines is 1. The molecule has 5 nitrogen and oxygen atoms in total. The summed E-state index contributed by atoms with van der Waals surface area (Å²) in [5, 5.41) is 8.70. The molecule has 0 aromatic heterocycles. The van der Waals surface area contributed by atoms with Crippen LogP contribution in [0.5, 0.6) is 0 Å². The molecular weight excluding hydrogens is 254 g/mol. The zero-order valence-electron chi connectivity index (χ0n) is 11.9. The van der Waals surface area contributed by atoms with E-state index in [1.807, 2.05) is 24.3 Å². The summed E-state index contributed by atoms with van der Waals surface area (Å²) < 4.78 is 0. The molecule has 108 valence electrons. The third kappa shape index (κ3) is 3.57. The number of benzene rings is 1. The lowest BCUT2D eigenvalue weighted by molar-refractivity contribution is -0.127. The molecule has 0 bridgehead atoms. The SMILES string of the molecule is CC(C)c1ccccc1NC(=O)CC1NCCNC1=O. The Morgan fingerprint density at radius 3 is 2.80 bits per heavy atom. The zero-order valence-corrected chi connectivity index (χ0v) is 11.9. The molecule has 0 aliphatic carbocycles. The molecule has 0 radical (unpaired) electrons. The number of nitrogens with one attached hydrogen (secondary N) is 3. The predicted molar refractivity (Wildman–Crippen MR) is 78.6 cm³/mol. The molecule has 1 fully saturated rings. The van der Waals surface area contributed by atoms with E-state index in [2.05, 4.69) is 29.8 Å². The molecule has 2 amide bonds. The highest BCUT2D eigenvalue weighted by atomic mass is 16.2. The third-order valence-corrected chi connectivity index (χ3v) is 3.38. The topological polar surface area (TPSA) is 70.2 Å². The Morgan fingerprint density at radius 2 is 2.10 bits per heavy atom. The maximum Gasteiger partial charge on any atom is 0.237 e. The van der Waals surface area contributed by atoms with E-state index >= 15 is 0 Å². The molecule has 20 heavy (non-hydrogen) atoms. The van der Waals surface area contributed by atoms with Crippen molar-refractivity contribution in [2.75, 3.05) is 18.4 Å². The average Bonchev–Trinajstić information content (AvgIpc) is 2.41. The minimum atomic E-state index is -0.435. The van der Waals surface area contributed by atoms with Crippen LogP contribution < -0.4 is 16.0 Å². The lowest BCUT2D eigenvalue weighted by atomic mass is 10.0. The van der Waals surface area contributed by atoms with Gasteiger partial charge in [-0.05, 0) is 17.5 Å². The summed E-state index contributed by atoms with van der Waals surface area (Å²) >= 11 is 0. The molecule has 1 aliphatic heterocycles. The van der Waals surface area contributed by atoms with Crippen LogP contribution in [0.25, 0.3) is 0 Å². The molecule has 1 aliphatic rings. The molecular formula is C15H21N3O2. The molecule has 1 heterocycles. The van der Waals surface area contributed by atoms with Gasteiger partial charge in [-0.3, -0.25) is 9.59 Å². The van der Waals surface area contributed by atoms with Crippen molar-refractivity contribution in [3.05, 3.63) is 29.8 Å². The maximum atomic E-state index is 12.1. The number of rotatable bonds is 4. The van der Waals surface area contributed by atoms with Gasteiger partial charge < -0.3 is 16.0 Å². The monoisotopic (exact) mass is 275 g/mol. The molecule has 5 heteroatoms. The molecule has 2 rings (SSSR count). The van der Waals surface area contributed by atoms with Crippen LogP contribution in [0.2, 0.25) is 0 Å². The summed E-state index contributed by atoms with van der Waals surface area (Å²) in [4.78, 5) is 23.7. The fourth-order valence-corrected chi connectivity index (χ4v) is 2.31. The Morgan fingerprint density at radius 1 is 1.35 bits per heavy atom. The number of para-hydroxylation sites is 1. The van der Waals surface area contributed by atoms with Crippen molar-refractivity contribution >= 4 is 17.5 Å². The second-order valence-electron chi connectivity index (χ2n) is 5.29. The predicted octanol–water partition coefficient (Wildman–Crippen LogP) is 1.23. The summed E-state index contributed by atoms with van der Waals surface area (Å²) in [5.74, 6) is 0.0822. The van der Waals surface area contributed by atoms with E-state index in [1.165, 1.54) is 0 Å². The van der Waals surface area contributed by atoms with Crippen molar-refractivity contribution < 1.29 is 9.59 Å². The first-order chi connectivity index (χ1) is 9.58. The van der Waals surface area contributed by atoms with E-state index in [1.54, 1.807) is 0 Å². The van der Waals surface area contributed by atoms with Crippen LogP contribution in [0, 0.1) is 0 Å². The van der Waals surface area contributed by atoms with Crippen LogP contribution in [0.15, 0.2) is 24.3 Å². The van der Waals surface area contributed by atoms with E-state index in [0.29, 0.717) is 19.0 Å². The van der Waals surface area contributed by atoms with Crippen molar-refractivity contribution in [1.29, 1.82) is 0 Å². The highest BCUT2D eigenvalue weighted by Crippen LogP contribution is 2.23. The lowest BCUT2D eigenvalue weighted by Gasteiger charge is -2.23. The van der Waals surface area contributed by atoms with Crippen LogP contribution >= 0.6 is 0 Å². The van der Waals surface area contributed by atoms with Crippen LogP contribution in [0.3, 0.4) is 0 Å². The molecule has 1 aromatic carbocycles. The molecule has 0 spiro atoms. The molecule has 1 saturated heterocycles. The van der Waals surface area contributed by atoms with Crippen molar-refractivity contribution in [3.8, 4) is 0 Å². The fraction of sp³-hybridized carbons (Fsp3) is 0.467. The maximum absolute atomic E-state index is 12.1. The Bertz CT molecular complexity index is 500. The van der Waals surface area contributed by atoms with Crippen LogP contribution in [-0.4, -0.2) is 30.9 Å². The van der Waals surface area contributed by atoms with Gasteiger partial charge >= 0.3 is 0 Å². The second-order valence-corrected chi connectivity index (χ2v) is 5.29. The van der Waals surface area contributed by atoms with E-state index in [-0.39, 0.29) is 18.2 Å². The van der Waals surface area contributed by atoms with Crippen molar-refractivity contribution in [2.45, 2.75) is 32.2 Å². The van der Waals surface area contributed by atoms with Gasteiger partial charge in [-0.2, -0.15) is 0 Å². The van der Waals surface area contributed by atoms with Gasteiger partial charge in [-0.25, -0.2) is 0 Å². The highest BCUT2D eigenvalue weighted by Gasteiger charge is 2.24. The lowest BCUT2D eigenvalue weighted by Crippen LogP contribution is -2.53. The Kier molecular flexibility index (Phi) is 4.74. The van der Waals surface area contributed by atoms with Gasteiger partial charge in [-0.1, -0.05) is 32.0 Å². The third-order valence-electron chi connectivity index (χ3n) is 3.38. The van der Waals surface area contributed by atoms with Gasteiger partial charge in [0, 0.05) is 18.8 Å². The second kappa shape index (κ2) is 6.52. The molecule has 1 unspecified atom stereocenters. The number of piperazine rings is 1. The number of hydrogen-bond donors (Lipinski definition) is 3. The first-order valence-electron chi connectivity index (χ1n) is 6.98. The average molecular weight is 275 g/mol. The zero-order chi connectivity index (χ0) is 14.5. The summed E-state index contributed by atoms with van der Waals surface area (Å²) in [7, 11) is 0. The largest absolute Gasteiger partial charge is 0.353 e. The van der Waals surface area contributed by atoms with Crippen LogP contribution in [0.1, 0.15) is 31.7 Å². The Labute approximate surface area is 119 Å². The number of amides is 2. The Balaban J connectivity index is 1.99. The van der Waals surface area contributed by atoms with Gasteiger partial charge in [0.1, 0.15) is 0 Å². The smallest absolute Gasteiger partial charge is 0.237 e. The summed E-state index contributed by atoms with van der Waals surface area (Å²) in [6.45, 7) is 5.49. The highest BCUT2D eigenvalue weighted by molar-refractivity contribution is 5.96. The van der Waals surface area contributed by atoms with E-state index < -0.39 is 6.04 Å². The summed E-state index contributed by atoms with van der Waals surface area (Å²) in [6, 6.07) is 7.32. The summed E-state index contributed by atoms with van der Waals surface area (Å²) in [6.07, 6.45) is 0.151. The standard InChI is InChI=1S/C15H21N3O2/c1-10(2)11-5-3-4-6-12(11)18-14(19)9-13-15(20)17-8-7-16-13/h3-6,10,13,16H,7-9H2,1-2H3,(H,17,20)(H,18,19). The van der Waals surface area contributed by atoms with Gasteiger partial charge in [0.25, 0.3) is 0 Å². The molecule has 1 atom stereocenters. The van der Waals surface area contributed by atoms with Crippen molar-refractivity contribution in [1.82, 2.24) is 10.6 Å². The van der Waals surface area contributed by atoms with Gasteiger partial charge in [0.2, 0.25) is 11.8 Å². The van der Waals surface area contributed by atoms with E-state index in [4.69, 9.17) is 0 Å². The van der Waals surface area contributed by atoms with E-state index in [0.717, 1.165) is 11.3 Å². The normalized spacial score (nSPS) is 18.8. The van der Waals surface area contributed by atoms with Crippen LogP contribution in [0.4, 0.5) is 5.69 Å². The fourth-order valence-electron chi connectivity index (χ4n) is 2.31. The minimum Gasteiger partial charge on any atom is -0.353 e. The van der Waals surface area contributed by atoms with E-state index in [9.17, 15) is 9.59 Å². The van der Waals surface area contributed by atoms with Crippen molar-refractivity contribution in [3.63, 3.8) is 0 Å². The quantitative estimate of drug-likeness (QED) is 0.774. The van der Waals surface area contributed by atoms with Gasteiger partial charge in [0.05, 0.1) is 12.5 Å². The number of hydrogen-bond acceptors (Lipinski definition) is 3.